The molecular formula is C25H29FN4O. The van der Waals surface area contributed by atoms with Gasteiger partial charge in [-0.1, -0.05) is 24.3 Å². The highest BCUT2D eigenvalue weighted by Gasteiger charge is 2.21. The van der Waals surface area contributed by atoms with Gasteiger partial charge in [-0.05, 0) is 87.2 Å². The minimum absolute atomic E-state index is 0.0735. The number of likely N-dealkylation sites (N-methyl/N-ethyl adjacent to an activating group) is 1. The smallest absolute Gasteiger partial charge is 0.234 e. The van der Waals surface area contributed by atoms with Crippen LogP contribution in [0, 0.1) is 5.82 Å². The van der Waals surface area contributed by atoms with Gasteiger partial charge >= 0.3 is 0 Å². The molecular weight excluding hydrogens is 391 g/mol. The number of amides is 1. The van der Waals surface area contributed by atoms with Crippen molar-refractivity contribution in [3.8, 4) is 11.3 Å². The average Bonchev–Trinajstić information content (AvgIpc) is 3.23. The molecule has 0 radical (unpaired) electrons. The van der Waals surface area contributed by atoms with E-state index in [1.807, 2.05) is 19.2 Å². The van der Waals surface area contributed by atoms with Gasteiger partial charge in [0.1, 0.15) is 5.82 Å². The second-order valence-corrected chi connectivity index (χ2v) is 8.34. The number of halogens is 1. The molecule has 2 N–H and O–H groups in total. The highest BCUT2D eigenvalue weighted by molar-refractivity contribution is 5.78. The van der Waals surface area contributed by atoms with E-state index in [9.17, 15) is 9.18 Å². The molecule has 162 valence electrons. The van der Waals surface area contributed by atoms with Crippen LogP contribution < -0.4 is 5.32 Å². The van der Waals surface area contributed by atoms with Gasteiger partial charge in [0.2, 0.25) is 5.91 Å². The summed E-state index contributed by atoms with van der Waals surface area (Å²) in [7, 11) is 1.98. The maximum absolute atomic E-state index is 13.1. The van der Waals surface area contributed by atoms with Gasteiger partial charge in [-0.15, -0.1) is 0 Å². The maximum Gasteiger partial charge on any atom is 0.234 e. The van der Waals surface area contributed by atoms with E-state index in [1.165, 1.54) is 23.3 Å². The molecule has 1 aromatic heterocycles. The minimum Gasteiger partial charge on any atom is -0.348 e. The van der Waals surface area contributed by atoms with Gasteiger partial charge in [-0.3, -0.25) is 14.8 Å². The molecule has 1 aliphatic rings. The Morgan fingerprint density at radius 3 is 2.87 bits per heavy atom. The fraction of sp³-hybridized carbons (Fsp3) is 0.360. The van der Waals surface area contributed by atoms with Gasteiger partial charge in [0.15, 0.2) is 0 Å². The predicted octanol–water partition coefficient (Wildman–Crippen LogP) is 4.27. The molecule has 1 amide bonds. The first-order valence-corrected chi connectivity index (χ1v) is 10.9. The second-order valence-electron chi connectivity index (χ2n) is 8.34. The number of aromatic nitrogens is 2. The fourth-order valence-electron chi connectivity index (χ4n) is 4.27. The summed E-state index contributed by atoms with van der Waals surface area (Å²) in [4.78, 5) is 14.6. The Morgan fingerprint density at radius 2 is 2.03 bits per heavy atom. The van der Waals surface area contributed by atoms with Gasteiger partial charge in [0, 0.05) is 11.3 Å². The summed E-state index contributed by atoms with van der Waals surface area (Å²) in [5.41, 5.74) is 5.36. The first-order chi connectivity index (χ1) is 15.1. The number of nitrogens with zero attached hydrogens (tertiary/aromatic N) is 2. The third kappa shape index (κ3) is 5.58. The summed E-state index contributed by atoms with van der Waals surface area (Å²) in [5.74, 6) is -0.177. The van der Waals surface area contributed by atoms with Crippen LogP contribution in [0.5, 0.6) is 0 Å². The van der Waals surface area contributed by atoms with Crippen LogP contribution in [0.25, 0.3) is 11.3 Å². The largest absolute Gasteiger partial charge is 0.348 e. The Labute approximate surface area is 182 Å². The Bertz CT molecular complexity index is 1010. The molecule has 0 bridgehead atoms. The van der Waals surface area contributed by atoms with Crippen molar-refractivity contribution in [3.05, 3.63) is 77.2 Å². The Kier molecular flexibility index (Phi) is 6.77. The summed E-state index contributed by atoms with van der Waals surface area (Å²) in [6, 6.07) is 16.9. The topological polar surface area (TPSA) is 61.0 Å². The number of hydrogen-bond donors (Lipinski definition) is 2. The van der Waals surface area contributed by atoms with Gasteiger partial charge in [-0.25, -0.2) is 4.39 Å². The van der Waals surface area contributed by atoms with Crippen molar-refractivity contribution in [1.29, 1.82) is 0 Å². The van der Waals surface area contributed by atoms with Crippen molar-refractivity contribution in [1.82, 2.24) is 20.4 Å². The SMILES string of the molecule is CN(CCCc1cc(-c2ccc(F)cc2)n[nH]1)CC(=O)NC1CCCc2ccccc21. The normalized spacial score (nSPS) is 15.6. The number of aryl methyl sites for hydroxylation is 2. The molecule has 0 fully saturated rings. The first kappa shape index (κ1) is 21.2. The molecule has 31 heavy (non-hydrogen) atoms. The van der Waals surface area contributed by atoms with Crippen molar-refractivity contribution in [3.63, 3.8) is 0 Å². The van der Waals surface area contributed by atoms with Crippen molar-refractivity contribution < 1.29 is 9.18 Å². The number of nitrogens with one attached hydrogen (secondary N) is 2. The summed E-state index contributed by atoms with van der Waals surface area (Å²) in [5, 5.41) is 10.6. The molecule has 2 aromatic carbocycles. The lowest BCUT2D eigenvalue weighted by Gasteiger charge is -2.27. The number of carbonyl (C=O) groups is 1. The summed E-state index contributed by atoms with van der Waals surface area (Å²) in [6.45, 7) is 1.21. The van der Waals surface area contributed by atoms with Crippen molar-refractivity contribution in [2.45, 2.75) is 38.1 Å². The lowest BCUT2D eigenvalue weighted by atomic mass is 9.88. The van der Waals surface area contributed by atoms with E-state index in [2.05, 4.69) is 38.6 Å². The monoisotopic (exact) mass is 420 g/mol. The molecule has 1 atom stereocenters. The number of aromatic amines is 1. The van der Waals surface area contributed by atoms with E-state index < -0.39 is 0 Å². The highest BCUT2D eigenvalue weighted by atomic mass is 19.1. The third-order valence-corrected chi connectivity index (χ3v) is 5.88. The molecule has 1 unspecified atom stereocenters. The zero-order chi connectivity index (χ0) is 21.6. The molecule has 3 aromatic rings. The van der Waals surface area contributed by atoms with Crippen LogP contribution in [0.4, 0.5) is 4.39 Å². The molecule has 1 aliphatic carbocycles. The first-order valence-electron chi connectivity index (χ1n) is 10.9. The maximum atomic E-state index is 13.1. The lowest BCUT2D eigenvalue weighted by molar-refractivity contribution is -0.122. The van der Waals surface area contributed by atoms with Crippen LogP contribution >= 0.6 is 0 Å². The zero-order valence-corrected chi connectivity index (χ0v) is 17.9. The van der Waals surface area contributed by atoms with Crippen LogP contribution in [0.2, 0.25) is 0 Å². The number of hydrogen-bond acceptors (Lipinski definition) is 3. The number of H-pyrrole nitrogens is 1. The van der Waals surface area contributed by atoms with Gasteiger partial charge in [0.25, 0.3) is 0 Å². The highest BCUT2D eigenvalue weighted by Crippen LogP contribution is 2.29. The van der Waals surface area contributed by atoms with Crippen LogP contribution in [-0.2, 0) is 17.6 Å². The van der Waals surface area contributed by atoms with Gasteiger partial charge in [0.05, 0.1) is 18.3 Å². The second kappa shape index (κ2) is 9.88. The number of fused-ring (bicyclic) bond motifs is 1. The van der Waals surface area contributed by atoms with Crippen molar-refractivity contribution in [2.75, 3.05) is 20.1 Å². The number of benzene rings is 2. The van der Waals surface area contributed by atoms with E-state index in [-0.39, 0.29) is 17.8 Å². The fourth-order valence-corrected chi connectivity index (χ4v) is 4.27. The van der Waals surface area contributed by atoms with Gasteiger partial charge < -0.3 is 5.32 Å². The average molecular weight is 421 g/mol. The van der Waals surface area contributed by atoms with Crippen molar-refractivity contribution >= 4 is 5.91 Å². The Morgan fingerprint density at radius 1 is 1.23 bits per heavy atom. The molecule has 6 heteroatoms. The zero-order valence-electron chi connectivity index (χ0n) is 17.9. The van der Waals surface area contributed by atoms with E-state index in [1.54, 1.807) is 12.1 Å². The van der Waals surface area contributed by atoms with E-state index in [0.717, 1.165) is 55.6 Å². The summed E-state index contributed by atoms with van der Waals surface area (Å²) in [6.07, 6.45) is 4.97. The van der Waals surface area contributed by atoms with E-state index in [4.69, 9.17) is 0 Å². The third-order valence-electron chi connectivity index (χ3n) is 5.88. The van der Waals surface area contributed by atoms with Crippen molar-refractivity contribution in [2.24, 2.45) is 0 Å². The molecule has 0 saturated carbocycles. The van der Waals surface area contributed by atoms with E-state index in [0.29, 0.717) is 6.54 Å². The molecule has 1 heterocycles. The minimum atomic E-state index is -0.251. The molecule has 0 aliphatic heterocycles. The van der Waals surface area contributed by atoms with E-state index >= 15 is 0 Å². The summed E-state index contributed by atoms with van der Waals surface area (Å²) >= 11 is 0. The van der Waals surface area contributed by atoms with Crippen LogP contribution in [0.15, 0.2) is 54.6 Å². The van der Waals surface area contributed by atoms with Crippen LogP contribution in [-0.4, -0.2) is 41.1 Å². The van der Waals surface area contributed by atoms with Crippen LogP contribution in [0.3, 0.4) is 0 Å². The molecule has 0 saturated heterocycles. The summed E-state index contributed by atoms with van der Waals surface area (Å²) < 4.78 is 13.1. The van der Waals surface area contributed by atoms with Crippen LogP contribution in [0.1, 0.15) is 42.1 Å². The number of rotatable bonds is 8. The lowest BCUT2D eigenvalue weighted by Crippen LogP contribution is -2.38. The standard InChI is InChI=1S/C25H29FN4O/c1-30(17-25(31)27-23-10-4-7-18-6-2-3-9-22(18)23)15-5-8-21-16-24(29-28-21)19-11-13-20(26)14-12-19/h2-3,6,9,11-14,16,23H,4-5,7-8,10,15,17H2,1H3,(H,27,31)(H,28,29). The Balaban J connectivity index is 1.21. The quantitative estimate of drug-likeness (QED) is 0.572. The molecule has 0 spiro atoms. The van der Waals surface area contributed by atoms with Gasteiger partial charge in [-0.2, -0.15) is 5.10 Å². The molecule has 5 nitrogen and oxygen atoms in total. The Hall–Kier alpha value is -2.99. The predicted molar refractivity (Wildman–Crippen MR) is 120 cm³/mol. The number of carbonyl (C=O) groups excluding carboxylic acids is 1. The molecule has 4 rings (SSSR count).